The van der Waals surface area contributed by atoms with Crippen molar-refractivity contribution in [1.82, 2.24) is 5.32 Å². The van der Waals surface area contributed by atoms with E-state index < -0.39 is 24.3 Å². The Morgan fingerprint density at radius 2 is 1.71 bits per heavy atom. The number of amides is 1. The fourth-order valence-corrected chi connectivity index (χ4v) is 3.64. The van der Waals surface area contributed by atoms with Crippen LogP contribution < -0.4 is 15.8 Å². The lowest BCUT2D eigenvalue weighted by Gasteiger charge is -2.14. The first kappa shape index (κ1) is 25.5. The van der Waals surface area contributed by atoms with Crippen molar-refractivity contribution in [1.29, 1.82) is 5.41 Å². The van der Waals surface area contributed by atoms with Crippen LogP contribution in [0.25, 0.3) is 11.1 Å². The fraction of sp³-hybridized carbons (Fsp3) is 0.360. The van der Waals surface area contributed by atoms with E-state index in [2.05, 4.69) is 10.1 Å². The van der Waals surface area contributed by atoms with Gasteiger partial charge in [-0.3, -0.25) is 15.0 Å². The SMILES string of the molecule is CCOC(=O)OC(C)OC(=O)C[C@@H]1C[C@@H](COc2ccc(-c3ccc(C(=N)N)cc3)cc2)NC1=O. The first-order chi connectivity index (χ1) is 16.7. The summed E-state index contributed by atoms with van der Waals surface area (Å²) in [6, 6.07) is 14.7. The summed E-state index contributed by atoms with van der Waals surface area (Å²) in [7, 11) is 0. The van der Waals surface area contributed by atoms with Crippen LogP contribution in [0.15, 0.2) is 48.5 Å². The van der Waals surface area contributed by atoms with Crippen LogP contribution in [0.1, 0.15) is 32.3 Å². The quantitative estimate of drug-likeness (QED) is 0.202. The Morgan fingerprint density at radius 1 is 1.09 bits per heavy atom. The lowest BCUT2D eigenvalue weighted by molar-refractivity contribution is -0.169. The van der Waals surface area contributed by atoms with Crippen molar-refractivity contribution in [3.8, 4) is 16.9 Å². The minimum absolute atomic E-state index is 0.0241. The van der Waals surface area contributed by atoms with E-state index in [9.17, 15) is 14.4 Å². The highest BCUT2D eigenvalue weighted by atomic mass is 16.8. The highest BCUT2D eigenvalue weighted by Crippen LogP contribution is 2.24. The topological polar surface area (TPSA) is 150 Å². The number of benzene rings is 2. The Morgan fingerprint density at radius 3 is 2.31 bits per heavy atom. The number of amidine groups is 1. The molecular weight excluding hydrogens is 454 g/mol. The molecule has 1 heterocycles. The van der Waals surface area contributed by atoms with Gasteiger partial charge in [-0.05, 0) is 36.6 Å². The number of hydrogen-bond donors (Lipinski definition) is 3. The summed E-state index contributed by atoms with van der Waals surface area (Å²) in [5.41, 5.74) is 8.13. The number of carbonyl (C=O) groups excluding carboxylic acids is 3. The highest BCUT2D eigenvalue weighted by Gasteiger charge is 2.34. The molecule has 10 nitrogen and oxygen atoms in total. The van der Waals surface area contributed by atoms with Crippen LogP contribution in [0.2, 0.25) is 0 Å². The van der Waals surface area contributed by atoms with Crippen LogP contribution in [0.5, 0.6) is 5.75 Å². The van der Waals surface area contributed by atoms with Crippen LogP contribution >= 0.6 is 0 Å². The standard InChI is InChI=1S/C25H29N3O7/c1-3-32-25(31)35-15(2)34-22(29)13-19-12-20(28-24(19)30)14-33-21-10-8-17(9-11-21)16-4-6-18(7-5-16)23(26)27/h4-11,15,19-20H,3,12-14H2,1-2H3,(H3,26,27)(H,28,30)/t15?,19-,20-/m0/s1. The van der Waals surface area contributed by atoms with Crippen LogP contribution in [0.4, 0.5) is 4.79 Å². The molecule has 0 saturated carbocycles. The number of hydrogen-bond acceptors (Lipinski definition) is 8. The first-order valence-corrected chi connectivity index (χ1v) is 11.3. The zero-order valence-electron chi connectivity index (χ0n) is 19.6. The zero-order valence-corrected chi connectivity index (χ0v) is 19.6. The second-order valence-corrected chi connectivity index (χ2v) is 8.03. The van der Waals surface area contributed by atoms with E-state index in [1.54, 1.807) is 19.1 Å². The van der Waals surface area contributed by atoms with Crippen molar-refractivity contribution in [3.63, 3.8) is 0 Å². The van der Waals surface area contributed by atoms with Crippen LogP contribution in [-0.2, 0) is 23.8 Å². The number of carbonyl (C=O) groups is 3. The third-order valence-electron chi connectivity index (χ3n) is 5.36. The van der Waals surface area contributed by atoms with Crippen LogP contribution in [-0.4, -0.2) is 49.4 Å². The van der Waals surface area contributed by atoms with Gasteiger partial charge in [0.15, 0.2) is 0 Å². The largest absolute Gasteiger partial charge is 0.511 e. The molecule has 2 aromatic rings. The van der Waals surface area contributed by atoms with Gasteiger partial charge in [0.05, 0.1) is 25.0 Å². The third-order valence-corrected chi connectivity index (χ3v) is 5.36. The average molecular weight is 484 g/mol. The summed E-state index contributed by atoms with van der Waals surface area (Å²) in [5.74, 6) is -0.771. The van der Waals surface area contributed by atoms with E-state index in [0.717, 1.165) is 11.1 Å². The Hall–Kier alpha value is -4.08. The molecule has 186 valence electrons. The zero-order chi connectivity index (χ0) is 25.4. The number of nitrogens with two attached hydrogens (primary N) is 1. The van der Waals surface area contributed by atoms with Gasteiger partial charge in [-0.15, -0.1) is 0 Å². The van der Waals surface area contributed by atoms with Crippen molar-refractivity contribution >= 4 is 23.9 Å². The van der Waals surface area contributed by atoms with E-state index in [0.29, 0.717) is 17.7 Å². The minimum Gasteiger partial charge on any atom is -0.491 e. The van der Waals surface area contributed by atoms with Crippen molar-refractivity contribution < 1.29 is 33.3 Å². The van der Waals surface area contributed by atoms with Gasteiger partial charge < -0.3 is 30.0 Å². The van der Waals surface area contributed by atoms with E-state index in [4.69, 9.17) is 25.4 Å². The first-order valence-electron chi connectivity index (χ1n) is 11.3. The van der Waals surface area contributed by atoms with E-state index in [-0.39, 0.29) is 37.4 Å². The predicted octanol–water partition coefficient (Wildman–Crippen LogP) is 2.97. The van der Waals surface area contributed by atoms with Crippen molar-refractivity contribution in [2.75, 3.05) is 13.2 Å². The summed E-state index contributed by atoms with van der Waals surface area (Å²) in [6.07, 6.45) is -1.75. The van der Waals surface area contributed by atoms with Gasteiger partial charge in [0.1, 0.15) is 18.2 Å². The molecular formula is C25H29N3O7. The summed E-state index contributed by atoms with van der Waals surface area (Å²) in [4.78, 5) is 35.6. The molecule has 1 aliphatic heterocycles. The molecule has 3 atom stereocenters. The lowest BCUT2D eigenvalue weighted by Crippen LogP contribution is -2.31. The second kappa shape index (κ2) is 11.9. The number of esters is 1. The molecule has 1 fully saturated rings. The molecule has 1 unspecified atom stereocenters. The molecule has 1 saturated heterocycles. The van der Waals surface area contributed by atoms with Crippen molar-refractivity contribution in [2.45, 2.75) is 39.0 Å². The average Bonchev–Trinajstić information content (AvgIpc) is 3.16. The Bertz CT molecular complexity index is 1050. The van der Waals surface area contributed by atoms with E-state index >= 15 is 0 Å². The van der Waals surface area contributed by atoms with Crippen molar-refractivity contribution in [2.24, 2.45) is 11.7 Å². The number of nitrogen functional groups attached to an aromatic ring is 1. The molecule has 0 bridgehead atoms. The molecule has 3 rings (SSSR count). The van der Waals surface area contributed by atoms with Gasteiger partial charge >= 0.3 is 12.1 Å². The van der Waals surface area contributed by atoms with E-state index in [1.165, 1.54) is 6.92 Å². The molecule has 0 aromatic heterocycles. The van der Waals surface area contributed by atoms with Crippen molar-refractivity contribution in [3.05, 3.63) is 54.1 Å². The smallest absolute Gasteiger partial charge is 0.491 e. The van der Waals surface area contributed by atoms with Gasteiger partial charge in [0.2, 0.25) is 12.2 Å². The van der Waals surface area contributed by atoms with Gasteiger partial charge in [-0.25, -0.2) is 4.79 Å². The lowest BCUT2D eigenvalue weighted by atomic mass is 10.0. The van der Waals surface area contributed by atoms with E-state index in [1.807, 2.05) is 36.4 Å². The third kappa shape index (κ3) is 7.46. The fourth-order valence-electron chi connectivity index (χ4n) is 3.64. The molecule has 1 amide bonds. The molecule has 2 aromatic carbocycles. The number of rotatable bonds is 10. The maximum atomic E-state index is 12.2. The van der Waals surface area contributed by atoms with Crippen LogP contribution in [0, 0.1) is 11.3 Å². The minimum atomic E-state index is -1.11. The Kier molecular flexibility index (Phi) is 8.66. The molecule has 10 heteroatoms. The summed E-state index contributed by atoms with van der Waals surface area (Å²) in [5, 5.41) is 10.3. The predicted molar refractivity (Wildman–Crippen MR) is 127 cm³/mol. The molecule has 0 radical (unpaired) electrons. The Labute approximate surface area is 203 Å². The molecule has 1 aliphatic rings. The summed E-state index contributed by atoms with van der Waals surface area (Å²) in [6.45, 7) is 3.42. The Balaban J connectivity index is 1.44. The number of nitrogens with one attached hydrogen (secondary N) is 2. The molecule has 35 heavy (non-hydrogen) atoms. The van der Waals surface area contributed by atoms with Crippen LogP contribution in [0.3, 0.4) is 0 Å². The second-order valence-electron chi connectivity index (χ2n) is 8.03. The maximum Gasteiger partial charge on any atom is 0.511 e. The maximum absolute atomic E-state index is 12.2. The van der Waals surface area contributed by atoms with Gasteiger partial charge in [0, 0.05) is 12.5 Å². The van der Waals surface area contributed by atoms with Gasteiger partial charge in [-0.1, -0.05) is 36.4 Å². The summed E-state index contributed by atoms with van der Waals surface area (Å²) >= 11 is 0. The van der Waals surface area contributed by atoms with Gasteiger partial charge in [-0.2, -0.15) is 0 Å². The highest BCUT2D eigenvalue weighted by molar-refractivity contribution is 5.95. The molecule has 0 aliphatic carbocycles. The number of ether oxygens (including phenoxy) is 4. The molecule has 4 N–H and O–H groups in total. The molecule has 0 spiro atoms. The van der Waals surface area contributed by atoms with Gasteiger partial charge in [0.25, 0.3) is 0 Å². The summed E-state index contributed by atoms with van der Waals surface area (Å²) < 4.78 is 20.2. The monoisotopic (exact) mass is 483 g/mol. The normalized spacial score (nSPS) is 17.7.